The molecule has 0 spiro atoms. The highest BCUT2D eigenvalue weighted by Crippen LogP contribution is 2.55. The quantitative estimate of drug-likeness (QED) is 0.748. The molecule has 1 aliphatic heterocycles. The van der Waals surface area contributed by atoms with Crippen LogP contribution in [-0.2, 0) is 9.59 Å². The summed E-state index contributed by atoms with van der Waals surface area (Å²) in [7, 11) is 0. The second-order valence-electron chi connectivity index (χ2n) is 9.15. The molecule has 1 atom stereocenters. The van der Waals surface area contributed by atoms with Crippen molar-refractivity contribution in [1.29, 1.82) is 0 Å². The normalized spacial score (nSPS) is 42.0. The number of nitrogens with one attached hydrogen (secondary N) is 2. The van der Waals surface area contributed by atoms with Gasteiger partial charge in [0, 0.05) is 5.54 Å². The summed E-state index contributed by atoms with van der Waals surface area (Å²) in [6, 6.07) is -0.443. The van der Waals surface area contributed by atoms with Crippen LogP contribution in [0, 0.1) is 17.8 Å². The first kappa shape index (κ1) is 16.9. The standard InChI is InChI=1S/C19H29N3O3/c1-3-4-18(2)16(24)22(17(25)21-18)11-15(23)20-19-8-12-5-13(9-19)7-14(6-12)10-19/h12-14H,3-11H2,1-2H3,(H,20,23)(H,21,25)/t12?,13?,14?,18-,19?/m0/s1. The van der Waals surface area contributed by atoms with Gasteiger partial charge in [0.15, 0.2) is 0 Å². The molecule has 25 heavy (non-hydrogen) atoms. The first-order valence-electron chi connectivity index (χ1n) is 9.77. The van der Waals surface area contributed by atoms with Gasteiger partial charge < -0.3 is 10.6 Å². The van der Waals surface area contributed by atoms with Gasteiger partial charge in [-0.15, -0.1) is 0 Å². The summed E-state index contributed by atoms with van der Waals surface area (Å²) in [5.74, 6) is 1.77. The van der Waals surface area contributed by atoms with E-state index in [2.05, 4.69) is 10.6 Å². The van der Waals surface area contributed by atoms with Crippen LogP contribution in [0.25, 0.3) is 0 Å². The molecular weight excluding hydrogens is 318 g/mol. The van der Waals surface area contributed by atoms with Crippen molar-refractivity contribution in [2.75, 3.05) is 6.54 Å². The Hall–Kier alpha value is -1.59. The molecule has 5 aliphatic rings. The van der Waals surface area contributed by atoms with Gasteiger partial charge >= 0.3 is 6.03 Å². The van der Waals surface area contributed by atoms with Gasteiger partial charge in [0.25, 0.3) is 5.91 Å². The lowest BCUT2D eigenvalue weighted by Crippen LogP contribution is -2.61. The highest BCUT2D eigenvalue weighted by molar-refractivity contribution is 6.08. The van der Waals surface area contributed by atoms with Crippen molar-refractivity contribution in [2.24, 2.45) is 17.8 Å². The van der Waals surface area contributed by atoms with E-state index in [0.29, 0.717) is 6.42 Å². The molecule has 0 aromatic heterocycles. The molecule has 5 rings (SSSR count). The molecule has 6 nitrogen and oxygen atoms in total. The maximum atomic E-state index is 12.7. The highest BCUT2D eigenvalue weighted by Gasteiger charge is 2.52. The number of rotatable bonds is 5. The summed E-state index contributed by atoms with van der Waals surface area (Å²) in [5, 5.41) is 5.99. The lowest BCUT2D eigenvalue weighted by atomic mass is 9.53. The highest BCUT2D eigenvalue weighted by atomic mass is 16.2. The number of hydrogen-bond acceptors (Lipinski definition) is 3. The maximum absolute atomic E-state index is 12.7. The minimum Gasteiger partial charge on any atom is -0.349 e. The van der Waals surface area contributed by atoms with Gasteiger partial charge in [-0.05, 0) is 69.6 Å². The van der Waals surface area contributed by atoms with E-state index in [-0.39, 0.29) is 23.9 Å². The van der Waals surface area contributed by atoms with Crippen LogP contribution >= 0.6 is 0 Å². The Kier molecular flexibility index (Phi) is 3.85. The molecule has 138 valence electrons. The zero-order valence-corrected chi connectivity index (χ0v) is 15.3. The van der Waals surface area contributed by atoms with E-state index in [1.165, 1.54) is 19.3 Å². The van der Waals surface area contributed by atoms with E-state index in [4.69, 9.17) is 0 Å². The summed E-state index contributed by atoms with van der Waals surface area (Å²) in [5.41, 5.74) is -0.954. The van der Waals surface area contributed by atoms with E-state index in [1.54, 1.807) is 6.92 Å². The van der Waals surface area contributed by atoms with Crippen LogP contribution in [-0.4, -0.2) is 40.4 Å². The fourth-order valence-electron chi connectivity index (χ4n) is 6.30. The van der Waals surface area contributed by atoms with Gasteiger partial charge in [0.1, 0.15) is 12.1 Å². The Balaban J connectivity index is 1.41. The first-order chi connectivity index (χ1) is 11.8. The number of carbonyl (C=O) groups is 3. The zero-order valence-electron chi connectivity index (χ0n) is 15.3. The number of amides is 4. The van der Waals surface area contributed by atoms with Crippen LogP contribution in [0.15, 0.2) is 0 Å². The first-order valence-corrected chi connectivity index (χ1v) is 9.77. The molecule has 5 fully saturated rings. The Morgan fingerprint density at radius 3 is 2.24 bits per heavy atom. The molecule has 0 radical (unpaired) electrons. The predicted octanol–water partition coefficient (Wildman–Crippen LogP) is 2.18. The van der Waals surface area contributed by atoms with Crippen LogP contribution in [0.3, 0.4) is 0 Å². The average molecular weight is 347 g/mol. The van der Waals surface area contributed by atoms with E-state index < -0.39 is 11.6 Å². The van der Waals surface area contributed by atoms with Gasteiger partial charge in [0.2, 0.25) is 5.91 Å². The largest absolute Gasteiger partial charge is 0.349 e. The summed E-state index contributed by atoms with van der Waals surface area (Å²) in [4.78, 5) is 38.5. The lowest BCUT2D eigenvalue weighted by Gasteiger charge is -2.56. The Morgan fingerprint density at radius 1 is 1.16 bits per heavy atom. The monoisotopic (exact) mass is 347 g/mol. The van der Waals surface area contributed by atoms with E-state index in [1.807, 2.05) is 6.92 Å². The minimum atomic E-state index is -0.868. The molecule has 1 heterocycles. The van der Waals surface area contributed by atoms with Crippen molar-refractivity contribution < 1.29 is 14.4 Å². The van der Waals surface area contributed by atoms with Crippen molar-refractivity contribution >= 4 is 17.8 Å². The van der Waals surface area contributed by atoms with E-state index >= 15 is 0 Å². The van der Waals surface area contributed by atoms with E-state index in [9.17, 15) is 14.4 Å². The summed E-state index contributed by atoms with van der Waals surface area (Å²) < 4.78 is 0. The molecule has 6 heteroatoms. The summed E-state index contributed by atoms with van der Waals surface area (Å²) >= 11 is 0. The van der Waals surface area contributed by atoms with Crippen LogP contribution < -0.4 is 10.6 Å². The Morgan fingerprint density at radius 2 is 1.72 bits per heavy atom. The molecule has 0 unspecified atom stereocenters. The van der Waals surface area contributed by atoms with Crippen molar-refractivity contribution in [3.05, 3.63) is 0 Å². The molecule has 4 bridgehead atoms. The van der Waals surface area contributed by atoms with Crippen molar-refractivity contribution in [2.45, 2.75) is 76.3 Å². The number of urea groups is 1. The SMILES string of the molecule is CCC[C@]1(C)NC(=O)N(CC(=O)NC23CC4CC(CC(C4)C2)C3)C1=O. The third-order valence-corrected chi connectivity index (χ3v) is 6.84. The van der Waals surface area contributed by atoms with Crippen LogP contribution in [0.4, 0.5) is 4.79 Å². The van der Waals surface area contributed by atoms with Gasteiger partial charge in [-0.1, -0.05) is 13.3 Å². The molecule has 1 saturated heterocycles. The zero-order chi connectivity index (χ0) is 17.8. The van der Waals surface area contributed by atoms with Gasteiger partial charge in [0.05, 0.1) is 0 Å². The third kappa shape index (κ3) is 2.83. The molecule has 4 amide bonds. The van der Waals surface area contributed by atoms with Crippen LogP contribution in [0.2, 0.25) is 0 Å². The fourth-order valence-corrected chi connectivity index (χ4v) is 6.30. The minimum absolute atomic E-state index is 0.0855. The van der Waals surface area contributed by atoms with E-state index in [0.717, 1.165) is 48.3 Å². The average Bonchev–Trinajstić information content (AvgIpc) is 2.69. The van der Waals surface area contributed by atoms with Gasteiger partial charge in [-0.3, -0.25) is 14.5 Å². The van der Waals surface area contributed by atoms with Crippen LogP contribution in [0.5, 0.6) is 0 Å². The molecule has 4 saturated carbocycles. The molecule has 0 aromatic rings. The van der Waals surface area contributed by atoms with Gasteiger partial charge in [-0.25, -0.2) is 4.79 Å². The van der Waals surface area contributed by atoms with Crippen molar-refractivity contribution in [1.82, 2.24) is 15.5 Å². The van der Waals surface area contributed by atoms with Crippen LogP contribution in [0.1, 0.15) is 65.2 Å². The maximum Gasteiger partial charge on any atom is 0.325 e. The Bertz CT molecular complexity index is 582. The number of imide groups is 1. The third-order valence-electron chi connectivity index (χ3n) is 6.84. The fraction of sp³-hybridized carbons (Fsp3) is 0.842. The summed E-state index contributed by atoms with van der Waals surface area (Å²) in [6.45, 7) is 3.56. The molecular formula is C19H29N3O3. The Labute approximate surface area is 149 Å². The smallest absolute Gasteiger partial charge is 0.325 e. The molecule has 2 N–H and O–H groups in total. The van der Waals surface area contributed by atoms with Gasteiger partial charge in [-0.2, -0.15) is 0 Å². The lowest BCUT2D eigenvalue weighted by molar-refractivity contribution is -0.136. The second kappa shape index (κ2) is 5.71. The number of nitrogens with zero attached hydrogens (tertiary/aromatic N) is 1. The number of hydrogen-bond donors (Lipinski definition) is 2. The summed E-state index contributed by atoms with van der Waals surface area (Å²) in [6.07, 6.45) is 8.54. The second-order valence-corrected chi connectivity index (χ2v) is 9.15. The molecule has 4 aliphatic carbocycles. The number of carbonyl (C=O) groups excluding carboxylic acids is 3. The predicted molar refractivity (Wildman–Crippen MR) is 92.6 cm³/mol. The molecule has 0 aromatic carbocycles. The topological polar surface area (TPSA) is 78.5 Å². The van der Waals surface area contributed by atoms with Crippen molar-refractivity contribution in [3.63, 3.8) is 0 Å². The van der Waals surface area contributed by atoms with Crippen molar-refractivity contribution in [3.8, 4) is 0 Å².